The van der Waals surface area contributed by atoms with Crippen molar-refractivity contribution in [1.82, 2.24) is 15.5 Å². The molecule has 0 radical (unpaired) electrons. The number of amides is 4. The molecule has 3 rings (SSSR count). The van der Waals surface area contributed by atoms with Gasteiger partial charge in [0.1, 0.15) is 18.0 Å². The molecule has 0 aromatic heterocycles. The molecule has 2 aromatic rings. The van der Waals surface area contributed by atoms with Gasteiger partial charge in [-0.2, -0.15) is 5.26 Å². The van der Waals surface area contributed by atoms with Gasteiger partial charge in [0.15, 0.2) is 5.54 Å². The van der Waals surface area contributed by atoms with Crippen LogP contribution in [0.1, 0.15) is 17.5 Å². The monoisotopic (exact) mass is 422 g/mol. The van der Waals surface area contributed by atoms with Crippen LogP contribution in [0.15, 0.2) is 48.5 Å². The van der Waals surface area contributed by atoms with Gasteiger partial charge < -0.3 is 20.1 Å². The Hall–Kier alpha value is -4.06. The minimum atomic E-state index is -1.51. The molecule has 1 aliphatic heterocycles. The van der Waals surface area contributed by atoms with Crippen molar-refractivity contribution in [2.45, 2.75) is 12.0 Å². The van der Waals surface area contributed by atoms with Crippen LogP contribution in [0, 0.1) is 11.3 Å². The van der Waals surface area contributed by atoms with Crippen LogP contribution in [0.2, 0.25) is 0 Å². The zero-order valence-corrected chi connectivity index (χ0v) is 17.2. The second kappa shape index (κ2) is 9.17. The van der Waals surface area contributed by atoms with Gasteiger partial charge in [-0.25, -0.2) is 4.79 Å². The summed E-state index contributed by atoms with van der Waals surface area (Å²) in [6, 6.07) is 14.8. The normalized spacial score (nSPS) is 14.5. The smallest absolute Gasteiger partial charge is 0.326 e. The molecule has 1 aliphatic rings. The first-order chi connectivity index (χ1) is 15.0. The van der Waals surface area contributed by atoms with Crippen LogP contribution in [0.4, 0.5) is 4.79 Å². The molecular weight excluding hydrogens is 400 g/mol. The van der Waals surface area contributed by atoms with Gasteiger partial charge in [0.2, 0.25) is 5.91 Å². The van der Waals surface area contributed by atoms with Crippen LogP contribution in [-0.2, 0) is 15.1 Å². The molecule has 1 saturated heterocycles. The van der Waals surface area contributed by atoms with Crippen molar-refractivity contribution in [1.29, 1.82) is 5.26 Å². The van der Waals surface area contributed by atoms with E-state index in [1.165, 1.54) is 14.2 Å². The van der Waals surface area contributed by atoms with Crippen molar-refractivity contribution in [3.63, 3.8) is 0 Å². The lowest BCUT2D eigenvalue weighted by Gasteiger charge is -2.28. The molecule has 4 amide bonds. The maximum absolute atomic E-state index is 13.6. The van der Waals surface area contributed by atoms with Crippen LogP contribution in [0.5, 0.6) is 11.5 Å². The first kappa shape index (κ1) is 21.6. The van der Waals surface area contributed by atoms with Crippen molar-refractivity contribution in [2.24, 2.45) is 0 Å². The zero-order chi connectivity index (χ0) is 22.4. The summed E-state index contributed by atoms with van der Waals surface area (Å²) in [5.74, 6) is 0.0838. The zero-order valence-electron chi connectivity index (χ0n) is 17.2. The number of carbonyl (C=O) groups is 3. The second-order valence-electron chi connectivity index (χ2n) is 6.79. The highest BCUT2D eigenvalue weighted by Gasteiger charge is 2.54. The van der Waals surface area contributed by atoms with Gasteiger partial charge in [0.25, 0.3) is 5.91 Å². The predicted octanol–water partition coefficient (Wildman–Crippen LogP) is 1.53. The number of imide groups is 1. The molecule has 0 saturated carbocycles. The molecule has 9 nitrogen and oxygen atoms in total. The van der Waals surface area contributed by atoms with Crippen LogP contribution in [0.3, 0.4) is 0 Å². The minimum Gasteiger partial charge on any atom is -0.497 e. The molecule has 2 aromatic carbocycles. The highest BCUT2D eigenvalue weighted by Crippen LogP contribution is 2.37. The molecule has 160 valence electrons. The van der Waals surface area contributed by atoms with Crippen molar-refractivity contribution < 1.29 is 23.9 Å². The summed E-state index contributed by atoms with van der Waals surface area (Å²) in [4.78, 5) is 39.4. The lowest BCUT2D eigenvalue weighted by atomic mass is 9.82. The Kier molecular flexibility index (Phi) is 6.40. The molecule has 0 spiro atoms. The molecular formula is C22H22N4O5. The maximum Gasteiger partial charge on any atom is 0.326 e. The third-order valence-electron chi connectivity index (χ3n) is 5.01. The lowest BCUT2D eigenvalue weighted by molar-refractivity contribution is -0.134. The number of rotatable bonds is 8. The van der Waals surface area contributed by atoms with E-state index in [4.69, 9.17) is 14.7 Å². The highest BCUT2D eigenvalue weighted by molar-refractivity contribution is 6.11. The van der Waals surface area contributed by atoms with Gasteiger partial charge >= 0.3 is 6.03 Å². The Labute approximate surface area is 179 Å². The molecule has 1 fully saturated rings. The molecule has 0 unspecified atom stereocenters. The number of nitrogens with one attached hydrogen (secondary N) is 2. The standard InChI is InChI=1S/C22H22N4O5/c1-30-17-8-4-15(5-9-17)22(16-6-10-18(31-2)11-7-16)20(28)26(21(29)25-22)14-19(27)24-13-3-12-23/h4-11H,3,13-14H2,1-2H3,(H,24,27)(H,25,29). The van der Waals surface area contributed by atoms with Gasteiger partial charge in [-0.3, -0.25) is 14.5 Å². The number of benzene rings is 2. The number of urea groups is 1. The van der Waals surface area contributed by atoms with Crippen LogP contribution < -0.4 is 20.1 Å². The fraction of sp³-hybridized carbons (Fsp3) is 0.273. The number of hydrogen-bond donors (Lipinski definition) is 2. The quantitative estimate of drug-likeness (QED) is 0.492. The summed E-state index contributed by atoms with van der Waals surface area (Å²) in [6.07, 6.45) is 0.132. The third kappa shape index (κ3) is 4.14. The number of hydrogen-bond acceptors (Lipinski definition) is 6. The topological polar surface area (TPSA) is 121 Å². The fourth-order valence-electron chi connectivity index (χ4n) is 3.42. The molecule has 9 heteroatoms. The van der Waals surface area contributed by atoms with Gasteiger partial charge in [0, 0.05) is 6.54 Å². The van der Waals surface area contributed by atoms with E-state index in [1.807, 2.05) is 6.07 Å². The van der Waals surface area contributed by atoms with E-state index in [1.54, 1.807) is 48.5 Å². The Morgan fingerprint density at radius 1 is 1.03 bits per heavy atom. The summed E-state index contributed by atoms with van der Waals surface area (Å²) in [7, 11) is 3.06. The first-order valence-corrected chi connectivity index (χ1v) is 9.53. The maximum atomic E-state index is 13.6. The first-order valence-electron chi connectivity index (χ1n) is 9.53. The van der Waals surface area contributed by atoms with Gasteiger partial charge in [-0.15, -0.1) is 0 Å². The lowest BCUT2D eigenvalue weighted by Crippen LogP contribution is -2.46. The Morgan fingerprint density at radius 3 is 2.00 bits per heavy atom. The number of nitrogens with zero attached hydrogens (tertiary/aromatic N) is 2. The van der Waals surface area contributed by atoms with Gasteiger partial charge in [-0.1, -0.05) is 24.3 Å². The molecule has 0 atom stereocenters. The van der Waals surface area contributed by atoms with Crippen LogP contribution >= 0.6 is 0 Å². The summed E-state index contributed by atoms with van der Waals surface area (Å²) >= 11 is 0. The van der Waals surface area contributed by atoms with E-state index in [9.17, 15) is 14.4 Å². The summed E-state index contributed by atoms with van der Waals surface area (Å²) in [5.41, 5.74) is -0.476. The summed E-state index contributed by atoms with van der Waals surface area (Å²) in [5, 5.41) is 13.9. The van der Waals surface area contributed by atoms with Gasteiger partial charge in [-0.05, 0) is 35.4 Å². The van der Waals surface area contributed by atoms with E-state index in [-0.39, 0.29) is 13.0 Å². The average Bonchev–Trinajstić information content (AvgIpc) is 3.05. The summed E-state index contributed by atoms with van der Waals surface area (Å²) < 4.78 is 10.4. The SMILES string of the molecule is COc1ccc(C2(c3ccc(OC)cc3)NC(=O)N(CC(=O)NCCC#N)C2=O)cc1. The second-order valence-corrected chi connectivity index (χ2v) is 6.79. The van der Waals surface area contributed by atoms with Crippen molar-refractivity contribution in [2.75, 3.05) is 27.3 Å². The average molecular weight is 422 g/mol. The molecule has 31 heavy (non-hydrogen) atoms. The van der Waals surface area contributed by atoms with Gasteiger partial charge in [0.05, 0.1) is 26.7 Å². The Morgan fingerprint density at radius 2 is 1.55 bits per heavy atom. The number of nitriles is 1. The predicted molar refractivity (Wildman–Crippen MR) is 110 cm³/mol. The Balaban J connectivity index is 2.00. The van der Waals surface area contributed by atoms with Crippen molar-refractivity contribution in [3.05, 3.63) is 59.7 Å². The van der Waals surface area contributed by atoms with E-state index in [0.717, 1.165) is 4.90 Å². The number of ether oxygens (including phenoxy) is 2. The van der Waals surface area contributed by atoms with Crippen LogP contribution in [0.25, 0.3) is 0 Å². The summed E-state index contributed by atoms with van der Waals surface area (Å²) in [6.45, 7) is -0.314. The minimum absolute atomic E-state index is 0.132. The Bertz CT molecular complexity index is 964. The van der Waals surface area contributed by atoms with E-state index in [0.29, 0.717) is 22.6 Å². The van der Waals surface area contributed by atoms with E-state index in [2.05, 4.69) is 10.6 Å². The van der Waals surface area contributed by atoms with E-state index < -0.39 is 29.9 Å². The van der Waals surface area contributed by atoms with Crippen molar-refractivity contribution >= 4 is 17.8 Å². The molecule has 2 N–H and O–H groups in total. The molecule has 0 bridgehead atoms. The molecule has 1 heterocycles. The number of carbonyl (C=O) groups excluding carboxylic acids is 3. The number of methoxy groups -OCH3 is 2. The van der Waals surface area contributed by atoms with Crippen LogP contribution in [-0.4, -0.2) is 50.1 Å². The third-order valence-corrected chi connectivity index (χ3v) is 5.01. The fourth-order valence-corrected chi connectivity index (χ4v) is 3.42. The van der Waals surface area contributed by atoms with E-state index >= 15 is 0 Å². The highest BCUT2D eigenvalue weighted by atomic mass is 16.5. The molecule has 0 aliphatic carbocycles. The van der Waals surface area contributed by atoms with Crippen molar-refractivity contribution in [3.8, 4) is 17.6 Å². The largest absolute Gasteiger partial charge is 0.497 e.